The third-order valence-corrected chi connectivity index (χ3v) is 16.3. The van der Waals surface area contributed by atoms with Gasteiger partial charge in [-0.2, -0.15) is 10.5 Å². The minimum atomic E-state index is -0.780. The van der Waals surface area contributed by atoms with E-state index in [9.17, 15) is 42.3 Å². The van der Waals surface area contributed by atoms with Gasteiger partial charge in [0.25, 0.3) is 11.1 Å². The molecule has 23 heteroatoms. The van der Waals surface area contributed by atoms with E-state index < -0.39 is 23.9 Å². The molecule has 2 atom stereocenters. The third-order valence-electron chi connectivity index (χ3n) is 16.3. The number of hydrogen-bond donors (Lipinski definition) is 4. The number of benzene rings is 6. The van der Waals surface area contributed by atoms with E-state index in [1.807, 2.05) is 58.3 Å². The Hall–Kier alpha value is -10.5. The van der Waals surface area contributed by atoms with Gasteiger partial charge in [0.2, 0.25) is 23.6 Å². The molecule has 6 heterocycles. The highest BCUT2D eigenvalue weighted by Crippen LogP contribution is 2.28. The lowest BCUT2D eigenvalue weighted by atomic mass is 10.1. The molecule has 21 nitrogen and oxygen atoms in total. The number of nitrogens with two attached hydrogens (primary N) is 1. The van der Waals surface area contributed by atoms with Crippen LogP contribution in [0.5, 0.6) is 0 Å². The number of piperazine rings is 2. The third kappa shape index (κ3) is 14.2. The van der Waals surface area contributed by atoms with Gasteiger partial charge in [-0.05, 0) is 104 Å². The maximum Gasteiger partial charge on any atom is 0.264 e. The number of nitrogens with zero attached hydrogens (tertiary/aromatic N) is 10. The molecule has 5 N–H and O–H groups in total. The van der Waals surface area contributed by atoms with Gasteiger partial charge in [0.1, 0.15) is 41.7 Å². The second-order valence-electron chi connectivity index (χ2n) is 22.2. The summed E-state index contributed by atoms with van der Waals surface area (Å²) in [6.07, 6.45) is 1.75. The first kappa shape index (κ1) is 61.6. The van der Waals surface area contributed by atoms with Gasteiger partial charge in [0.05, 0.1) is 56.4 Å². The minimum absolute atomic E-state index is 0.172. The van der Waals surface area contributed by atoms with E-state index in [0.717, 1.165) is 64.2 Å². The lowest BCUT2D eigenvalue weighted by Crippen LogP contribution is -2.46. The number of aromatic nitrogens is 4. The van der Waals surface area contributed by atoms with Gasteiger partial charge in [-0.3, -0.25) is 63.1 Å². The van der Waals surface area contributed by atoms with E-state index in [1.165, 1.54) is 32.4 Å². The number of aryl methyl sites for hydroxylation is 2. The SMILES string of the molecule is Cc1nc2cccc(N)c2c(=O)n1C1CCC(=O)NC1=O.Cc1nc2cccc(NCc3ccc(CN4CCN(c5ccc(C#N)cc5F)CC4)cc3)c2c(=O)n1C1CCC(=O)NC1=O.N#Cc1ccc(N2CCN(Cc3ccc(C=O)cc3)CC2)c(F)c1. The number of rotatable bonds is 12. The molecule has 4 saturated heterocycles. The molecular formula is C66H64F2N14O7. The van der Waals surface area contributed by atoms with Crippen molar-refractivity contribution in [2.45, 2.75) is 71.2 Å². The molecule has 4 fully saturated rings. The summed E-state index contributed by atoms with van der Waals surface area (Å²) in [5.41, 5.74) is 13.0. The maximum absolute atomic E-state index is 14.5. The second-order valence-corrected chi connectivity index (χ2v) is 22.2. The second kappa shape index (κ2) is 27.5. The maximum atomic E-state index is 14.5. The van der Waals surface area contributed by atoms with Crippen LogP contribution < -0.4 is 42.6 Å². The monoisotopic (exact) mass is 1200 g/mol. The van der Waals surface area contributed by atoms with Gasteiger partial charge in [0.15, 0.2) is 0 Å². The van der Waals surface area contributed by atoms with Crippen LogP contribution in [0, 0.1) is 48.1 Å². The summed E-state index contributed by atoms with van der Waals surface area (Å²) < 4.78 is 31.3. The number of piperidine rings is 2. The number of nitrogen functional groups attached to an aromatic ring is 1. The Kier molecular flexibility index (Phi) is 19.0. The molecule has 2 aromatic heterocycles. The molecule has 89 heavy (non-hydrogen) atoms. The number of nitriles is 2. The van der Waals surface area contributed by atoms with Crippen LogP contribution in [-0.4, -0.2) is 111 Å². The number of carbonyl (C=O) groups is 5. The average molecular weight is 1200 g/mol. The van der Waals surface area contributed by atoms with Crippen molar-refractivity contribution in [3.63, 3.8) is 0 Å². The Balaban J connectivity index is 0.000000163. The van der Waals surface area contributed by atoms with Crippen LogP contribution in [-0.2, 0) is 38.8 Å². The lowest BCUT2D eigenvalue weighted by Gasteiger charge is -2.36. The molecule has 4 aliphatic heterocycles. The summed E-state index contributed by atoms with van der Waals surface area (Å²) >= 11 is 0. The first-order chi connectivity index (χ1) is 43.0. The highest BCUT2D eigenvalue weighted by atomic mass is 19.1. The standard InChI is InChI=1S/C33H32FN7O3.C19H18FN3O.C14H14N4O3/c1-21-37-27-4-2-3-26(31(27)33(44)41(21)29-11-12-30(42)38-32(29)43)36-19-22-5-7-23(8-6-22)20-39-13-15-40(16-14-39)28-10-9-24(18-35)17-25(28)34;20-18-11-17(12-21)5-6-19(18)23-9-7-22(8-10-23)13-15-1-3-16(14-24)4-2-15;1-7-16-9-4-2-3-8(15)12(9)14(21)18(7)10-5-6-11(19)17-13(10)20/h2-10,17,29,36H,11-16,19-20H2,1H3,(H,38,42,43);1-6,11,14H,7-10,13H2;2-4,10H,5-6,15H2,1H3,(H,17,19,20). The summed E-state index contributed by atoms with van der Waals surface area (Å²) in [5, 5.41) is 26.4. The average Bonchev–Trinajstić information content (AvgIpc) is 1.01. The molecular weight excluding hydrogens is 1140 g/mol. The zero-order chi connectivity index (χ0) is 62.9. The highest BCUT2D eigenvalue weighted by Gasteiger charge is 2.33. The number of anilines is 4. The topological polar surface area (TPSA) is 278 Å². The van der Waals surface area contributed by atoms with E-state index >= 15 is 0 Å². The molecule has 4 aliphatic rings. The molecule has 0 bridgehead atoms. The zero-order valence-corrected chi connectivity index (χ0v) is 49.0. The van der Waals surface area contributed by atoms with Crippen molar-refractivity contribution in [2.75, 3.05) is 73.2 Å². The fourth-order valence-corrected chi connectivity index (χ4v) is 11.6. The molecule has 0 aliphatic carbocycles. The molecule has 0 saturated carbocycles. The number of halogens is 2. The number of amides is 4. The molecule has 12 rings (SSSR count). The molecule has 2 unspecified atom stereocenters. The predicted molar refractivity (Wildman–Crippen MR) is 332 cm³/mol. The van der Waals surface area contributed by atoms with Crippen LogP contribution in [0.1, 0.15) is 87.6 Å². The molecule has 454 valence electrons. The molecule has 8 aromatic rings. The van der Waals surface area contributed by atoms with Crippen LogP contribution in [0.3, 0.4) is 0 Å². The van der Waals surface area contributed by atoms with Crippen molar-refractivity contribution in [3.8, 4) is 12.1 Å². The van der Waals surface area contributed by atoms with Crippen molar-refractivity contribution in [3.05, 3.63) is 199 Å². The summed E-state index contributed by atoms with van der Waals surface area (Å²) in [6.45, 7) is 11.6. The minimum Gasteiger partial charge on any atom is -0.398 e. The molecule has 0 radical (unpaired) electrons. The number of fused-ring (bicyclic) bond motifs is 2. The van der Waals surface area contributed by atoms with E-state index in [4.69, 9.17) is 16.3 Å². The van der Waals surface area contributed by atoms with Gasteiger partial charge in [-0.15, -0.1) is 0 Å². The summed E-state index contributed by atoms with van der Waals surface area (Å²) in [6, 6.07) is 38.0. The number of nitrogens with one attached hydrogen (secondary N) is 3. The van der Waals surface area contributed by atoms with Crippen molar-refractivity contribution in [1.29, 1.82) is 10.5 Å². The number of hydrogen-bond acceptors (Lipinski definition) is 17. The summed E-state index contributed by atoms with van der Waals surface area (Å²) in [5.74, 6) is -1.48. The number of carbonyl (C=O) groups excluding carboxylic acids is 5. The van der Waals surface area contributed by atoms with Crippen molar-refractivity contribution in [1.82, 2.24) is 39.5 Å². The van der Waals surface area contributed by atoms with Crippen LogP contribution in [0.2, 0.25) is 0 Å². The van der Waals surface area contributed by atoms with Crippen molar-refractivity contribution >= 4 is 74.5 Å². The van der Waals surface area contributed by atoms with E-state index in [0.29, 0.717) is 92.5 Å². The summed E-state index contributed by atoms with van der Waals surface area (Å²) in [4.78, 5) is 102. The van der Waals surface area contributed by atoms with Crippen LogP contribution in [0.25, 0.3) is 21.8 Å². The van der Waals surface area contributed by atoms with Gasteiger partial charge in [-0.1, -0.05) is 60.7 Å². The highest BCUT2D eigenvalue weighted by molar-refractivity contribution is 6.00. The summed E-state index contributed by atoms with van der Waals surface area (Å²) in [7, 11) is 0. The first-order valence-electron chi connectivity index (χ1n) is 29.1. The number of aldehydes is 1. The van der Waals surface area contributed by atoms with Crippen LogP contribution in [0.4, 0.5) is 31.5 Å². The Bertz CT molecular complexity index is 4240. The van der Waals surface area contributed by atoms with E-state index in [-0.39, 0.29) is 60.3 Å². The van der Waals surface area contributed by atoms with Crippen molar-refractivity contribution < 1.29 is 32.8 Å². The smallest absolute Gasteiger partial charge is 0.264 e. The van der Waals surface area contributed by atoms with E-state index in [2.05, 4.69) is 60.0 Å². The predicted octanol–water partition coefficient (Wildman–Crippen LogP) is 6.72. The molecule has 0 spiro atoms. The Morgan fingerprint density at radius 1 is 0.584 bits per heavy atom. The van der Waals surface area contributed by atoms with Crippen LogP contribution in [0.15, 0.2) is 131 Å². The molecule has 4 amide bonds. The fraction of sp³-hybridized carbons (Fsp3) is 0.288. The Morgan fingerprint density at radius 2 is 1.02 bits per heavy atom. The fourth-order valence-electron chi connectivity index (χ4n) is 11.6. The van der Waals surface area contributed by atoms with E-state index in [1.54, 1.807) is 62.4 Å². The normalized spacial score (nSPS) is 17.1. The van der Waals surface area contributed by atoms with Gasteiger partial charge >= 0.3 is 0 Å². The zero-order valence-electron chi connectivity index (χ0n) is 49.0. The van der Waals surface area contributed by atoms with Gasteiger partial charge < -0.3 is 20.9 Å². The van der Waals surface area contributed by atoms with Crippen LogP contribution >= 0.6 is 0 Å². The Morgan fingerprint density at radius 3 is 1.47 bits per heavy atom. The quantitative estimate of drug-likeness (QED) is 0.0561. The first-order valence-corrected chi connectivity index (χ1v) is 29.1. The number of imide groups is 2. The van der Waals surface area contributed by atoms with Crippen molar-refractivity contribution in [2.24, 2.45) is 0 Å². The van der Waals surface area contributed by atoms with Gasteiger partial charge in [0, 0.05) is 102 Å². The lowest BCUT2D eigenvalue weighted by molar-refractivity contribution is -0.137. The Labute approximate surface area is 510 Å². The molecule has 6 aromatic carbocycles. The largest absolute Gasteiger partial charge is 0.398 e. The van der Waals surface area contributed by atoms with Gasteiger partial charge in [-0.25, -0.2) is 18.7 Å².